The quantitative estimate of drug-likeness (QED) is 0.328. The largest absolute Gasteiger partial charge is 0.195 e. The molecule has 2 heteroatoms. The van der Waals surface area contributed by atoms with Gasteiger partial charge in [-0.2, -0.15) is 4.58 Å². The van der Waals surface area contributed by atoms with Gasteiger partial charge in [-0.3, -0.25) is 0 Å². The molecule has 170 valence electrons. The van der Waals surface area contributed by atoms with Gasteiger partial charge in [-0.25, -0.2) is 0 Å². The summed E-state index contributed by atoms with van der Waals surface area (Å²) in [7, 11) is 0. The Labute approximate surface area is 199 Å². The van der Waals surface area contributed by atoms with Crippen molar-refractivity contribution >= 4 is 18.0 Å². The summed E-state index contributed by atoms with van der Waals surface area (Å²) in [5, 5.41) is 1.43. The van der Waals surface area contributed by atoms with Gasteiger partial charge in [0.15, 0.2) is 17.5 Å². The smallest absolute Gasteiger partial charge is 0.195 e. The second kappa shape index (κ2) is 7.36. The van der Waals surface area contributed by atoms with Gasteiger partial charge in [0.25, 0.3) is 0 Å². The lowest BCUT2D eigenvalue weighted by Gasteiger charge is -2.59. The van der Waals surface area contributed by atoms with Crippen LogP contribution < -0.4 is 0 Å². The molecule has 0 aromatic carbocycles. The zero-order chi connectivity index (χ0) is 22.3. The van der Waals surface area contributed by atoms with E-state index >= 15 is 0 Å². The fourth-order valence-corrected chi connectivity index (χ4v) is 10.9. The third-order valence-corrected chi connectivity index (χ3v) is 11.8. The first-order chi connectivity index (χ1) is 15.4. The molecule has 0 N–H and O–H groups in total. The highest BCUT2D eigenvalue weighted by Crippen LogP contribution is 2.64. The van der Waals surface area contributed by atoms with E-state index in [1.54, 1.807) is 11.3 Å². The molecule has 6 aliphatic rings. The molecule has 0 saturated carbocycles. The Hall–Kier alpha value is -1.28. The first kappa shape index (κ1) is 21.3. The Balaban J connectivity index is 1.38. The fourth-order valence-electron chi connectivity index (χ4n) is 8.83. The predicted octanol–water partition coefficient (Wildman–Crippen LogP) is 7.18. The molecule has 10 atom stereocenters. The molecule has 2 fully saturated rings. The van der Waals surface area contributed by atoms with Crippen LogP contribution in [0.1, 0.15) is 60.3 Å². The minimum atomic E-state index is 0.166. The molecule has 0 bridgehead atoms. The van der Waals surface area contributed by atoms with Crippen LogP contribution in [0.25, 0.3) is 0 Å². The molecule has 3 aliphatic carbocycles. The lowest BCUT2D eigenvalue weighted by molar-refractivity contribution is -0.597. The zero-order valence-corrected chi connectivity index (χ0v) is 21.3. The topological polar surface area (TPSA) is 3.01 Å². The van der Waals surface area contributed by atoms with Crippen LogP contribution >= 0.6 is 11.8 Å². The molecule has 6 rings (SSSR count). The molecule has 10 unspecified atom stereocenters. The van der Waals surface area contributed by atoms with Crippen molar-refractivity contribution < 1.29 is 4.58 Å². The van der Waals surface area contributed by atoms with Crippen molar-refractivity contribution in [2.24, 2.45) is 40.9 Å². The number of piperidine rings is 1. The van der Waals surface area contributed by atoms with E-state index in [0.29, 0.717) is 28.9 Å². The van der Waals surface area contributed by atoms with Crippen molar-refractivity contribution in [3.8, 4) is 0 Å². The molecule has 0 radical (unpaired) electrons. The molecule has 3 aliphatic heterocycles. The van der Waals surface area contributed by atoms with Crippen LogP contribution in [-0.4, -0.2) is 26.8 Å². The van der Waals surface area contributed by atoms with E-state index in [-0.39, 0.29) is 11.0 Å². The summed E-state index contributed by atoms with van der Waals surface area (Å²) < 4.78 is 2.79. The number of rotatable bonds is 3. The van der Waals surface area contributed by atoms with Crippen molar-refractivity contribution in [2.45, 2.75) is 76.3 Å². The van der Waals surface area contributed by atoms with Crippen LogP contribution in [0.5, 0.6) is 0 Å². The average Bonchev–Trinajstić information content (AvgIpc) is 3.15. The molecule has 1 nitrogen and oxygen atoms in total. The minimum absolute atomic E-state index is 0.166. The van der Waals surface area contributed by atoms with E-state index in [1.807, 2.05) is 0 Å². The van der Waals surface area contributed by atoms with Gasteiger partial charge in [-0.1, -0.05) is 69.7 Å². The Morgan fingerprint density at radius 2 is 1.88 bits per heavy atom. The number of nitrogens with zero attached hydrogens (tertiary/aromatic N) is 1. The van der Waals surface area contributed by atoms with Gasteiger partial charge in [0.2, 0.25) is 0 Å². The molecule has 0 aromatic heterocycles. The molecular formula is C30H40NS+. The van der Waals surface area contributed by atoms with Crippen LogP contribution in [0.2, 0.25) is 0 Å². The molecule has 2 saturated heterocycles. The second-order valence-corrected chi connectivity index (χ2v) is 13.0. The van der Waals surface area contributed by atoms with Crippen LogP contribution in [0.15, 0.2) is 59.9 Å². The Bertz CT molecular complexity index is 994. The van der Waals surface area contributed by atoms with Crippen molar-refractivity contribution in [2.75, 3.05) is 0 Å². The summed E-state index contributed by atoms with van der Waals surface area (Å²) in [6.45, 7) is 12.2. The number of allylic oxidation sites excluding steroid dienone is 7. The van der Waals surface area contributed by atoms with Crippen LogP contribution in [0.3, 0.4) is 0 Å². The first-order valence-corrected chi connectivity index (χ1v) is 14.1. The van der Waals surface area contributed by atoms with E-state index in [9.17, 15) is 0 Å². The molecular weight excluding hydrogens is 406 g/mol. The Morgan fingerprint density at radius 1 is 1.06 bits per heavy atom. The molecule has 0 amide bonds. The minimum Gasteiger partial charge on any atom is -0.195 e. The van der Waals surface area contributed by atoms with Crippen molar-refractivity contribution in [1.29, 1.82) is 0 Å². The van der Waals surface area contributed by atoms with Crippen LogP contribution in [0.4, 0.5) is 0 Å². The lowest BCUT2D eigenvalue weighted by Crippen LogP contribution is -2.67. The predicted molar refractivity (Wildman–Crippen MR) is 138 cm³/mol. The molecule has 3 heterocycles. The number of hydrogen-bond donors (Lipinski definition) is 0. The summed E-state index contributed by atoms with van der Waals surface area (Å²) in [5.74, 6) is 4.18. The van der Waals surface area contributed by atoms with E-state index in [0.717, 1.165) is 17.1 Å². The number of fused-ring (bicyclic) bond motifs is 7. The number of hydrogen-bond acceptors (Lipinski definition) is 1. The third-order valence-electron chi connectivity index (χ3n) is 10.2. The van der Waals surface area contributed by atoms with Gasteiger partial charge in [-0.05, 0) is 56.1 Å². The van der Waals surface area contributed by atoms with E-state index < -0.39 is 0 Å². The molecule has 32 heavy (non-hydrogen) atoms. The molecule has 0 spiro atoms. The summed E-state index contributed by atoms with van der Waals surface area (Å²) in [6, 6.07) is 0. The maximum Gasteiger partial charge on any atom is 0.195 e. The Morgan fingerprint density at radius 3 is 2.56 bits per heavy atom. The van der Waals surface area contributed by atoms with Gasteiger partial charge in [-0.15, -0.1) is 11.8 Å². The first-order valence-electron chi connectivity index (χ1n) is 13.2. The maximum atomic E-state index is 2.79. The second-order valence-electron chi connectivity index (χ2n) is 11.6. The van der Waals surface area contributed by atoms with Crippen LogP contribution in [-0.2, 0) is 0 Å². The van der Waals surface area contributed by atoms with Gasteiger partial charge >= 0.3 is 0 Å². The van der Waals surface area contributed by atoms with E-state index in [1.165, 1.54) is 25.7 Å². The van der Waals surface area contributed by atoms with Gasteiger partial charge in [0, 0.05) is 23.5 Å². The van der Waals surface area contributed by atoms with Gasteiger partial charge < -0.3 is 0 Å². The Kier molecular flexibility index (Phi) is 4.89. The SMILES string of the molecule is CCC12C=CC1(CC)[N+]1=CC3SC(C4C(C)C=C(C)CC4C)CC3C=C1C1C=CC=CC12. The summed E-state index contributed by atoms with van der Waals surface area (Å²) >= 11 is 2.31. The normalized spacial score (nSPS) is 50.3. The zero-order valence-electron chi connectivity index (χ0n) is 20.5. The summed E-state index contributed by atoms with van der Waals surface area (Å²) in [5.41, 5.74) is 3.65. The fraction of sp³-hybridized carbons (Fsp3) is 0.633. The van der Waals surface area contributed by atoms with Gasteiger partial charge in [0.1, 0.15) is 0 Å². The van der Waals surface area contributed by atoms with Crippen molar-refractivity contribution in [3.63, 3.8) is 0 Å². The van der Waals surface area contributed by atoms with Crippen molar-refractivity contribution in [1.82, 2.24) is 0 Å². The monoisotopic (exact) mass is 446 g/mol. The molecule has 0 aromatic rings. The average molecular weight is 447 g/mol. The lowest BCUT2D eigenvalue weighted by atomic mass is 9.46. The third kappa shape index (κ3) is 2.62. The summed E-state index contributed by atoms with van der Waals surface area (Å²) in [4.78, 5) is 0. The van der Waals surface area contributed by atoms with E-state index in [4.69, 9.17) is 0 Å². The van der Waals surface area contributed by atoms with Gasteiger partial charge in [0.05, 0.1) is 16.6 Å². The maximum absolute atomic E-state index is 2.79. The van der Waals surface area contributed by atoms with Crippen LogP contribution in [0, 0.1) is 40.9 Å². The highest BCUT2D eigenvalue weighted by molar-refractivity contribution is 8.01. The van der Waals surface area contributed by atoms with Crippen molar-refractivity contribution in [3.05, 3.63) is 59.9 Å². The summed E-state index contributed by atoms with van der Waals surface area (Å²) in [6.07, 6.45) is 27.8. The highest BCUT2D eigenvalue weighted by Gasteiger charge is 2.70. The standard InChI is InChI=1S/C30H40NS/c1-6-29-12-13-30(29,7-2)31-18-27-22(16-25(31)23-10-8-9-11-24(23)29)17-26(32-27)28-20(4)14-19(3)15-21(28)5/h8-14,16,18,20-24,26-28H,6-7,15,17H2,1-5H3/q+1. The number of thioether (sulfide) groups is 1. The van der Waals surface area contributed by atoms with E-state index in [2.05, 4.69) is 106 Å². The highest BCUT2D eigenvalue weighted by atomic mass is 32.2.